The molecule has 1 aliphatic heterocycles. The number of hydrogen-bond donors (Lipinski definition) is 1. The molecule has 0 atom stereocenters. The Balaban J connectivity index is 1.24. The van der Waals surface area contributed by atoms with E-state index < -0.39 is 10.0 Å². The minimum Gasteiger partial charge on any atom is -0.497 e. The van der Waals surface area contributed by atoms with Crippen LogP contribution in [0.4, 0.5) is 0 Å². The lowest BCUT2D eigenvalue weighted by atomic mass is 10.1. The van der Waals surface area contributed by atoms with Crippen molar-refractivity contribution in [1.29, 1.82) is 0 Å². The van der Waals surface area contributed by atoms with Gasteiger partial charge in [-0.15, -0.1) is 10.2 Å². The standard InChI is InChI=1S/C24H26N4O6S/c1-32-20-6-2-18(3-7-20)22-10-11-23(27-26-22)34-15-12-25-24(29)19-4-8-21(9-5-19)35(30,31)28-13-16-33-17-14-28/h2-11H,12-17H2,1H3,(H,25,29). The maximum absolute atomic E-state index is 12.7. The van der Waals surface area contributed by atoms with Crippen LogP contribution in [0.2, 0.25) is 0 Å². The summed E-state index contributed by atoms with van der Waals surface area (Å²) in [5, 5.41) is 11.0. The molecule has 0 radical (unpaired) electrons. The van der Waals surface area contributed by atoms with Gasteiger partial charge in [-0.25, -0.2) is 8.42 Å². The summed E-state index contributed by atoms with van der Waals surface area (Å²) >= 11 is 0. The fourth-order valence-corrected chi connectivity index (χ4v) is 4.86. The Morgan fingerprint density at radius 2 is 1.71 bits per heavy atom. The molecule has 4 rings (SSSR count). The maximum atomic E-state index is 12.7. The molecule has 11 heteroatoms. The van der Waals surface area contributed by atoms with Crippen molar-refractivity contribution in [2.24, 2.45) is 0 Å². The second-order valence-electron chi connectivity index (χ2n) is 7.63. The molecular weight excluding hydrogens is 472 g/mol. The van der Waals surface area contributed by atoms with Crippen molar-refractivity contribution in [3.05, 3.63) is 66.2 Å². The fraction of sp³-hybridized carbons (Fsp3) is 0.292. The van der Waals surface area contributed by atoms with E-state index in [0.717, 1.165) is 11.3 Å². The first-order valence-electron chi connectivity index (χ1n) is 11.0. The van der Waals surface area contributed by atoms with E-state index in [1.165, 1.54) is 28.6 Å². The predicted octanol–water partition coefficient (Wildman–Crippen LogP) is 1.98. The summed E-state index contributed by atoms with van der Waals surface area (Å²) in [5.74, 6) is 0.775. The van der Waals surface area contributed by atoms with Crippen molar-refractivity contribution in [3.63, 3.8) is 0 Å². The van der Waals surface area contributed by atoms with Crippen molar-refractivity contribution in [2.45, 2.75) is 4.90 Å². The fourth-order valence-electron chi connectivity index (χ4n) is 3.45. The highest BCUT2D eigenvalue weighted by Crippen LogP contribution is 2.21. The van der Waals surface area contributed by atoms with E-state index in [4.69, 9.17) is 14.2 Å². The molecule has 0 bridgehead atoms. The van der Waals surface area contributed by atoms with Crippen LogP contribution < -0.4 is 14.8 Å². The average Bonchev–Trinajstić information content (AvgIpc) is 2.92. The first kappa shape index (κ1) is 24.6. The summed E-state index contributed by atoms with van der Waals surface area (Å²) in [4.78, 5) is 12.5. The Bertz CT molecular complexity index is 1230. The molecule has 0 unspecified atom stereocenters. The van der Waals surface area contributed by atoms with Crippen molar-refractivity contribution >= 4 is 15.9 Å². The zero-order chi connectivity index (χ0) is 24.7. The van der Waals surface area contributed by atoms with Gasteiger partial charge in [-0.2, -0.15) is 4.31 Å². The number of carbonyl (C=O) groups is 1. The SMILES string of the molecule is COc1ccc(-c2ccc(OCCNC(=O)c3ccc(S(=O)(=O)N4CCOCC4)cc3)nn2)cc1. The number of nitrogens with zero attached hydrogens (tertiary/aromatic N) is 3. The van der Waals surface area contributed by atoms with Gasteiger partial charge in [-0.05, 0) is 54.6 Å². The van der Waals surface area contributed by atoms with E-state index in [9.17, 15) is 13.2 Å². The number of rotatable bonds is 9. The highest BCUT2D eigenvalue weighted by molar-refractivity contribution is 7.89. The number of sulfonamides is 1. The lowest BCUT2D eigenvalue weighted by Crippen LogP contribution is -2.40. The number of ether oxygens (including phenoxy) is 3. The van der Waals surface area contributed by atoms with Crippen LogP contribution >= 0.6 is 0 Å². The quantitative estimate of drug-likeness (QED) is 0.445. The van der Waals surface area contributed by atoms with Crippen LogP contribution in [-0.4, -0.2) is 75.4 Å². The zero-order valence-electron chi connectivity index (χ0n) is 19.2. The molecule has 1 saturated heterocycles. The Kier molecular flexibility index (Phi) is 7.91. The Morgan fingerprint density at radius 1 is 1.00 bits per heavy atom. The van der Waals surface area contributed by atoms with Gasteiger partial charge in [0.2, 0.25) is 15.9 Å². The van der Waals surface area contributed by atoms with Crippen LogP contribution in [0.25, 0.3) is 11.3 Å². The monoisotopic (exact) mass is 498 g/mol. The van der Waals surface area contributed by atoms with Crippen LogP contribution in [0, 0.1) is 0 Å². The average molecular weight is 499 g/mol. The Labute approximate surface area is 203 Å². The molecule has 0 saturated carbocycles. The minimum absolute atomic E-state index is 0.149. The smallest absolute Gasteiger partial charge is 0.251 e. The molecule has 1 fully saturated rings. The number of amides is 1. The summed E-state index contributed by atoms with van der Waals surface area (Å²) < 4.78 is 42.6. The van der Waals surface area contributed by atoms with Crippen LogP contribution in [0.3, 0.4) is 0 Å². The van der Waals surface area contributed by atoms with Crippen molar-refractivity contribution in [2.75, 3.05) is 46.6 Å². The van der Waals surface area contributed by atoms with Gasteiger partial charge in [0, 0.05) is 30.3 Å². The largest absolute Gasteiger partial charge is 0.497 e. The Hall–Kier alpha value is -3.54. The van der Waals surface area contributed by atoms with Gasteiger partial charge in [0.05, 0.1) is 37.5 Å². The summed E-state index contributed by atoms with van der Waals surface area (Å²) in [6, 6.07) is 16.9. The Morgan fingerprint density at radius 3 is 2.34 bits per heavy atom. The number of morpholine rings is 1. The lowest BCUT2D eigenvalue weighted by molar-refractivity contribution is 0.0730. The highest BCUT2D eigenvalue weighted by Gasteiger charge is 2.26. The first-order valence-corrected chi connectivity index (χ1v) is 12.5. The number of nitrogens with one attached hydrogen (secondary N) is 1. The molecule has 1 N–H and O–H groups in total. The molecule has 2 heterocycles. The number of methoxy groups -OCH3 is 1. The lowest BCUT2D eigenvalue weighted by Gasteiger charge is -2.26. The molecule has 3 aromatic rings. The first-order chi connectivity index (χ1) is 17.0. The van der Waals surface area contributed by atoms with Gasteiger partial charge in [0.1, 0.15) is 12.4 Å². The topological polar surface area (TPSA) is 120 Å². The second kappa shape index (κ2) is 11.3. The van der Waals surface area contributed by atoms with Gasteiger partial charge in [-0.1, -0.05) is 0 Å². The van der Waals surface area contributed by atoms with Crippen molar-refractivity contribution in [3.8, 4) is 22.9 Å². The predicted molar refractivity (Wildman–Crippen MR) is 128 cm³/mol. The highest BCUT2D eigenvalue weighted by atomic mass is 32.2. The van der Waals surface area contributed by atoms with Gasteiger partial charge >= 0.3 is 0 Å². The third-order valence-electron chi connectivity index (χ3n) is 5.39. The van der Waals surface area contributed by atoms with E-state index >= 15 is 0 Å². The maximum Gasteiger partial charge on any atom is 0.251 e. The van der Waals surface area contributed by atoms with Gasteiger partial charge in [0.15, 0.2) is 0 Å². The molecule has 184 valence electrons. The van der Waals surface area contributed by atoms with E-state index in [1.807, 2.05) is 24.3 Å². The van der Waals surface area contributed by atoms with Gasteiger partial charge in [-0.3, -0.25) is 4.79 Å². The summed E-state index contributed by atoms with van der Waals surface area (Å²) in [6.07, 6.45) is 0. The molecule has 2 aromatic carbocycles. The van der Waals surface area contributed by atoms with E-state index in [-0.39, 0.29) is 24.0 Å². The van der Waals surface area contributed by atoms with Crippen LogP contribution in [0.1, 0.15) is 10.4 Å². The molecule has 1 aliphatic rings. The number of carbonyl (C=O) groups excluding carboxylic acids is 1. The number of hydrogen-bond acceptors (Lipinski definition) is 8. The molecule has 1 amide bonds. The molecule has 35 heavy (non-hydrogen) atoms. The third-order valence-corrected chi connectivity index (χ3v) is 7.30. The molecule has 0 aliphatic carbocycles. The van der Waals surface area contributed by atoms with Crippen LogP contribution in [-0.2, 0) is 14.8 Å². The zero-order valence-corrected chi connectivity index (χ0v) is 20.0. The summed E-state index contributed by atoms with van der Waals surface area (Å²) in [6.45, 7) is 1.83. The minimum atomic E-state index is -3.60. The third kappa shape index (κ3) is 6.13. The van der Waals surface area contributed by atoms with Gasteiger partial charge < -0.3 is 19.5 Å². The van der Waals surface area contributed by atoms with Crippen LogP contribution in [0.5, 0.6) is 11.6 Å². The molecule has 0 spiro atoms. The van der Waals surface area contributed by atoms with E-state index in [0.29, 0.717) is 43.4 Å². The van der Waals surface area contributed by atoms with E-state index in [2.05, 4.69) is 15.5 Å². The summed E-state index contributed by atoms with van der Waals surface area (Å²) in [7, 11) is -1.99. The number of benzene rings is 2. The molecular formula is C24H26N4O6S. The second-order valence-corrected chi connectivity index (χ2v) is 9.57. The van der Waals surface area contributed by atoms with E-state index in [1.54, 1.807) is 19.2 Å². The molecule has 10 nitrogen and oxygen atoms in total. The van der Waals surface area contributed by atoms with Crippen molar-refractivity contribution < 1.29 is 27.4 Å². The van der Waals surface area contributed by atoms with Crippen LogP contribution in [0.15, 0.2) is 65.6 Å². The van der Waals surface area contributed by atoms with Crippen molar-refractivity contribution in [1.82, 2.24) is 19.8 Å². The number of aromatic nitrogens is 2. The normalized spacial score (nSPS) is 14.3. The molecule has 1 aromatic heterocycles. The van der Waals surface area contributed by atoms with Gasteiger partial charge in [0.25, 0.3) is 5.91 Å². The summed E-state index contributed by atoms with van der Waals surface area (Å²) in [5.41, 5.74) is 1.96.